The summed E-state index contributed by atoms with van der Waals surface area (Å²) < 4.78 is 18.2. The summed E-state index contributed by atoms with van der Waals surface area (Å²) in [4.78, 5) is 24.9. The van der Waals surface area contributed by atoms with E-state index in [4.69, 9.17) is 0 Å². The zero-order valence-corrected chi connectivity index (χ0v) is 11.1. The summed E-state index contributed by atoms with van der Waals surface area (Å²) >= 11 is 0. The Balaban J connectivity index is 2.29. The van der Waals surface area contributed by atoms with Gasteiger partial charge < -0.3 is 9.64 Å². The van der Waals surface area contributed by atoms with Gasteiger partial charge in [0.2, 0.25) is 5.95 Å². The SMILES string of the molecule is COC(=O)CN(C)c1nccc(-c2ncccc2F)n1. The summed E-state index contributed by atoms with van der Waals surface area (Å²) in [6.45, 7) is 0.00462. The Bertz CT molecular complexity index is 621. The van der Waals surface area contributed by atoms with Crippen LogP contribution >= 0.6 is 0 Å². The maximum Gasteiger partial charge on any atom is 0.325 e. The Kier molecular flexibility index (Phi) is 4.19. The second kappa shape index (κ2) is 6.05. The first-order valence-electron chi connectivity index (χ1n) is 5.83. The lowest BCUT2D eigenvalue weighted by Gasteiger charge is -2.15. The van der Waals surface area contributed by atoms with Crippen LogP contribution in [0.2, 0.25) is 0 Å². The van der Waals surface area contributed by atoms with E-state index in [1.165, 1.54) is 36.5 Å². The van der Waals surface area contributed by atoms with E-state index >= 15 is 0 Å². The molecule has 20 heavy (non-hydrogen) atoms. The molecule has 2 rings (SSSR count). The fraction of sp³-hybridized carbons (Fsp3) is 0.231. The Labute approximate surface area is 115 Å². The van der Waals surface area contributed by atoms with Gasteiger partial charge in [0.25, 0.3) is 0 Å². The molecule has 2 aromatic heterocycles. The average Bonchev–Trinajstić information content (AvgIpc) is 2.47. The van der Waals surface area contributed by atoms with E-state index in [2.05, 4.69) is 19.7 Å². The van der Waals surface area contributed by atoms with Crippen molar-refractivity contribution in [2.75, 3.05) is 25.6 Å². The molecule has 0 fully saturated rings. The maximum absolute atomic E-state index is 13.7. The third-order valence-corrected chi connectivity index (χ3v) is 2.58. The number of methoxy groups -OCH3 is 1. The number of likely N-dealkylation sites (N-methyl/N-ethyl adjacent to an activating group) is 1. The molecule has 0 saturated heterocycles. The van der Waals surface area contributed by atoms with Crippen molar-refractivity contribution in [1.82, 2.24) is 15.0 Å². The fourth-order valence-electron chi connectivity index (χ4n) is 1.57. The summed E-state index contributed by atoms with van der Waals surface area (Å²) in [5.74, 6) is -0.587. The van der Waals surface area contributed by atoms with Crippen molar-refractivity contribution in [2.24, 2.45) is 0 Å². The summed E-state index contributed by atoms with van der Waals surface area (Å²) in [5.41, 5.74) is 0.493. The van der Waals surface area contributed by atoms with E-state index in [1.54, 1.807) is 13.1 Å². The standard InChI is InChI=1S/C13H13FN4O2/c1-18(8-11(19)20-2)13-16-7-5-10(17-13)12-9(14)4-3-6-15-12/h3-7H,8H2,1-2H3. The number of ether oxygens (including phenoxy) is 1. The molecule has 0 amide bonds. The van der Waals surface area contributed by atoms with Crippen LogP contribution in [-0.2, 0) is 9.53 Å². The smallest absolute Gasteiger partial charge is 0.325 e. The number of rotatable bonds is 4. The van der Waals surface area contributed by atoms with Crippen LogP contribution in [0.1, 0.15) is 0 Å². The number of nitrogens with zero attached hydrogens (tertiary/aromatic N) is 4. The van der Waals surface area contributed by atoms with Gasteiger partial charge in [-0.25, -0.2) is 14.4 Å². The monoisotopic (exact) mass is 276 g/mol. The van der Waals surface area contributed by atoms with E-state index in [-0.39, 0.29) is 18.2 Å². The number of anilines is 1. The maximum atomic E-state index is 13.7. The number of aromatic nitrogens is 3. The number of carbonyl (C=O) groups excluding carboxylic acids is 1. The Morgan fingerprint density at radius 3 is 2.85 bits per heavy atom. The molecule has 0 saturated carbocycles. The minimum Gasteiger partial charge on any atom is -0.468 e. The van der Waals surface area contributed by atoms with E-state index in [0.29, 0.717) is 5.69 Å². The molecule has 7 heteroatoms. The van der Waals surface area contributed by atoms with E-state index in [1.807, 2.05) is 0 Å². The molecule has 2 heterocycles. The van der Waals surface area contributed by atoms with Gasteiger partial charge >= 0.3 is 5.97 Å². The van der Waals surface area contributed by atoms with E-state index in [0.717, 1.165) is 0 Å². The molecule has 2 aromatic rings. The molecule has 6 nitrogen and oxygen atoms in total. The highest BCUT2D eigenvalue weighted by atomic mass is 19.1. The predicted molar refractivity (Wildman–Crippen MR) is 70.5 cm³/mol. The topological polar surface area (TPSA) is 68.2 Å². The van der Waals surface area contributed by atoms with Gasteiger partial charge in [-0.05, 0) is 18.2 Å². The third-order valence-electron chi connectivity index (χ3n) is 2.58. The average molecular weight is 276 g/mol. The molecule has 0 aliphatic rings. The van der Waals surface area contributed by atoms with Gasteiger partial charge in [-0.15, -0.1) is 0 Å². The molecule has 0 aromatic carbocycles. The summed E-state index contributed by atoms with van der Waals surface area (Å²) in [5, 5.41) is 0. The summed E-state index contributed by atoms with van der Waals surface area (Å²) in [7, 11) is 2.95. The molecular formula is C13H13FN4O2. The van der Waals surface area contributed by atoms with Crippen LogP contribution in [0.5, 0.6) is 0 Å². The van der Waals surface area contributed by atoms with Gasteiger partial charge in [0.15, 0.2) is 5.82 Å². The molecule has 0 atom stereocenters. The third kappa shape index (κ3) is 3.05. The Morgan fingerprint density at radius 2 is 2.15 bits per heavy atom. The molecule has 0 unspecified atom stereocenters. The van der Waals surface area contributed by atoms with Gasteiger partial charge in [-0.3, -0.25) is 9.78 Å². The molecule has 0 spiro atoms. The second-order valence-corrected chi connectivity index (χ2v) is 4.01. The number of hydrogen-bond donors (Lipinski definition) is 0. The van der Waals surface area contributed by atoms with E-state index < -0.39 is 11.8 Å². The van der Waals surface area contributed by atoms with Crippen molar-refractivity contribution in [3.63, 3.8) is 0 Å². The van der Waals surface area contributed by atoms with Crippen LogP contribution in [0.4, 0.5) is 10.3 Å². The normalized spacial score (nSPS) is 10.2. The van der Waals surface area contributed by atoms with Crippen LogP contribution in [0.15, 0.2) is 30.6 Å². The van der Waals surface area contributed by atoms with E-state index in [9.17, 15) is 9.18 Å². The van der Waals surface area contributed by atoms with Crippen LogP contribution in [0, 0.1) is 5.82 Å². The summed E-state index contributed by atoms with van der Waals surface area (Å²) in [6, 6.07) is 4.37. The van der Waals surface area contributed by atoms with Gasteiger partial charge in [0.05, 0.1) is 12.8 Å². The van der Waals surface area contributed by atoms with Crippen LogP contribution in [0.25, 0.3) is 11.4 Å². The number of halogens is 1. The lowest BCUT2D eigenvalue weighted by Crippen LogP contribution is -2.28. The zero-order chi connectivity index (χ0) is 14.5. The predicted octanol–water partition coefficient (Wildman–Crippen LogP) is 1.29. The van der Waals surface area contributed by atoms with Gasteiger partial charge in [-0.2, -0.15) is 0 Å². The fourth-order valence-corrected chi connectivity index (χ4v) is 1.57. The largest absolute Gasteiger partial charge is 0.468 e. The van der Waals surface area contributed by atoms with Crippen LogP contribution in [0.3, 0.4) is 0 Å². The van der Waals surface area contributed by atoms with Crippen LogP contribution in [-0.4, -0.2) is 41.6 Å². The van der Waals surface area contributed by atoms with Gasteiger partial charge in [0, 0.05) is 19.4 Å². The summed E-state index contributed by atoms with van der Waals surface area (Å²) in [6.07, 6.45) is 2.97. The minimum absolute atomic E-state index is 0.00462. The highest BCUT2D eigenvalue weighted by Gasteiger charge is 2.13. The highest BCUT2D eigenvalue weighted by Crippen LogP contribution is 2.19. The minimum atomic E-state index is -0.465. The molecule has 104 valence electrons. The van der Waals surface area contributed by atoms with Crippen molar-refractivity contribution >= 4 is 11.9 Å². The lowest BCUT2D eigenvalue weighted by molar-refractivity contribution is -0.138. The molecule has 0 aliphatic heterocycles. The van der Waals surface area contributed by atoms with Gasteiger partial charge in [0.1, 0.15) is 12.2 Å². The van der Waals surface area contributed by atoms with Gasteiger partial charge in [-0.1, -0.05) is 0 Å². The molecule has 0 bridgehead atoms. The van der Waals surface area contributed by atoms with Crippen LogP contribution < -0.4 is 4.90 Å². The van der Waals surface area contributed by atoms with Crippen molar-refractivity contribution in [3.8, 4) is 11.4 Å². The molecule has 0 radical (unpaired) electrons. The zero-order valence-electron chi connectivity index (χ0n) is 11.1. The first kappa shape index (κ1) is 13.9. The van der Waals surface area contributed by atoms with Crippen molar-refractivity contribution < 1.29 is 13.9 Å². The molecule has 0 N–H and O–H groups in total. The quantitative estimate of drug-likeness (QED) is 0.784. The number of esters is 1. The number of hydrogen-bond acceptors (Lipinski definition) is 6. The Hall–Kier alpha value is -2.57. The van der Waals surface area contributed by atoms with Crippen molar-refractivity contribution in [2.45, 2.75) is 0 Å². The second-order valence-electron chi connectivity index (χ2n) is 4.01. The lowest BCUT2D eigenvalue weighted by atomic mass is 10.2. The first-order chi connectivity index (χ1) is 9.61. The molecular weight excluding hydrogens is 263 g/mol. The number of pyridine rings is 1. The van der Waals surface area contributed by atoms with Crippen molar-refractivity contribution in [1.29, 1.82) is 0 Å². The number of carbonyl (C=O) groups is 1. The highest BCUT2D eigenvalue weighted by molar-refractivity contribution is 5.74. The molecule has 0 aliphatic carbocycles. The first-order valence-corrected chi connectivity index (χ1v) is 5.83. The van der Waals surface area contributed by atoms with Crippen molar-refractivity contribution in [3.05, 3.63) is 36.4 Å². The Morgan fingerprint density at radius 1 is 1.35 bits per heavy atom.